The van der Waals surface area contributed by atoms with Crippen molar-refractivity contribution in [3.05, 3.63) is 17.0 Å². The average Bonchev–Trinajstić information content (AvgIpc) is 2.57. The Labute approximate surface area is 106 Å². The number of halogens is 1. The molecule has 2 rings (SSSR count). The van der Waals surface area contributed by atoms with E-state index in [-0.39, 0.29) is 12.1 Å². The van der Waals surface area contributed by atoms with Gasteiger partial charge in [0.05, 0.1) is 6.10 Å². The van der Waals surface area contributed by atoms with Gasteiger partial charge in [-0.2, -0.15) is 14.6 Å². The summed E-state index contributed by atoms with van der Waals surface area (Å²) in [6.07, 6.45) is 1.63. The second-order valence-electron chi connectivity index (χ2n) is 3.51. The molecule has 0 saturated heterocycles. The summed E-state index contributed by atoms with van der Waals surface area (Å²) in [6, 6.07) is 1.68. The van der Waals surface area contributed by atoms with E-state index >= 15 is 0 Å². The molecule has 0 aliphatic heterocycles. The van der Waals surface area contributed by atoms with Gasteiger partial charge in [-0.3, -0.25) is 0 Å². The fourth-order valence-corrected chi connectivity index (χ4v) is 1.60. The van der Waals surface area contributed by atoms with E-state index in [1.165, 1.54) is 4.68 Å². The van der Waals surface area contributed by atoms with E-state index in [2.05, 4.69) is 36.0 Å². The molecule has 0 atom stereocenters. The summed E-state index contributed by atoms with van der Waals surface area (Å²) in [7, 11) is 0. The van der Waals surface area contributed by atoms with Gasteiger partial charge in [0.15, 0.2) is 0 Å². The van der Waals surface area contributed by atoms with E-state index in [4.69, 9.17) is 10.5 Å². The first-order valence-electron chi connectivity index (χ1n) is 4.94. The highest BCUT2D eigenvalue weighted by molar-refractivity contribution is 9.10. The van der Waals surface area contributed by atoms with Crippen molar-refractivity contribution < 1.29 is 4.74 Å². The number of nitrogen functional groups attached to an aromatic ring is 1. The zero-order chi connectivity index (χ0) is 12.4. The van der Waals surface area contributed by atoms with E-state index in [1.807, 2.05) is 13.8 Å². The molecule has 7 nitrogen and oxygen atoms in total. The van der Waals surface area contributed by atoms with E-state index in [1.54, 1.807) is 12.3 Å². The molecule has 90 valence electrons. The van der Waals surface area contributed by atoms with Crippen molar-refractivity contribution in [2.24, 2.45) is 0 Å². The van der Waals surface area contributed by atoms with Gasteiger partial charge in [-0.05, 0) is 29.8 Å². The van der Waals surface area contributed by atoms with Gasteiger partial charge < -0.3 is 10.5 Å². The molecule has 0 aliphatic rings. The van der Waals surface area contributed by atoms with Crippen LogP contribution in [0.2, 0.25) is 0 Å². The van der Waals surface area contributed by atoms with Crippen molar-refractivity contribution in [2.45, 2.75) is 20.0 Å². The maximum atomic E-state index is 5.48. The number of nitrogens with two attached hydrogens (primary N) is 1. The van der Waals surface area contributed by atoms with Crippen molar-refractivity contribution in [1.29, 1.82) is 0 Å². The molecule has 0 spiro atoms. The van der Waals surface area contributed by atoms with Crippen LogP contribution >= 0.6 is 15.9 Å². The minimum Gasteiger partial charge on any atom is -0.475 e. The first kappa shape index (κ1) is 11.8. The Morgan fingerprint density at radius 2 is 2.18 bits per heavy atom. The number of rotatable bonds is 3. The lowest BCUT2D eigenvalue weighted by Gasteiger charge is -2.08. The molecule has 0 aromatic carbocycles. The van der Waals surface area contributed by atoms with E-state index in [0.29, 0.717) is 16.6 Å². The average molecular weight is 299 g/mol. The molecule has 0 aliphatic carbocycles. The molecule has 0 radical (unpaired) electrons. The van der Waals surface area contributed by atoms with Crippen molar-refractivity contribution in [3.63, 3.8) is 0 Å². The van der Waals surface area contributed by atoms with E-state index < -0.39 is 0 Å². The van der Waals surface area contributed by atoms with Crippen LogP contribution in [-0.2, 0) is 0 Å². The van der Waals surface area contributed by atoms with Gasteiger partial charge in [0.1, 0.15) is 0 Å². The summed E-state index contributed by atoms with van der Waals surface area (Å²) in [5.41, 5.74) is 5.48. The molecule has 0 amide bonds. The molecule has 0 unspecified atom stereocenters. The third kappa shape index (κ3) is 2.70. The van der Waals surface area contributed by atoms with E-state index in [0.717, 1.165) is 0 Å². The van der Waals surface area contributed by atoms with Crippen molar-refractivity contribution in [1.82, 2.24) is 24.7 Å². The highest BCUT2D eigenvalue weighted by Gasteiger charge is 2.10. The van der Waals surface area contributed by atoms with Crippen LogP contribution in [0.5, 0.6) is 5.88 Å². The zero-order valence-corrected chi connectivity index (χ0v) is 10.9. The molecule has 2 heterocycles. The molecule has 17 heavy (non-hydrogen) atoms. The third-order valence-electron chi connectivity index (χ3n) is 1.75. The van der Waals surface area contributed by atoms with Crippen LogP contribution < -0.4 is 10.5 Å². The van der Waals surface area contributed by atoms with Gasteiger partial charge in [-0.15, -0.1) is 5.10 Å². The number of aromatic nitrogens is 5. The second kappa shape index (κ2) is 4.66. The minimum atomic E-state index is 0.0435. The van der Waals surface area contributed by atoms with Gasteiger partial charge >= 0.3 is 0 Å². The predicted molar refractivity (Wildman–Crippen MR) is 64.8 cm³/mol. The van der Waals surface area contributed by atoms with E-state index in [9.17, 15) is 0 Å². The minimum absolute atomic E-state index is 0.0435. The number of hydrogen-bond donors (Lipinski definition) is 1. The molecule has 2 aromatic rings. The Bertz CT molecular complexity index is 526. The maximum Gasteiger partial charge on any atom is 0.256 e. The monoisotopic (exact) mass is 298 g/mol. The summed E-state index contributed by atoms with van der Waals surface area (Å²) in [4.78, 5) is 12.2. The van der Waals surface area contributed by atoms with Gasteiger partial charge in [-0.1, -0.05) is 0 Å². The Balaban J connectivity index is 2.36. The molecule has 2 aromatic heterocycles. The highest BCUT2D eigenvalue weighted by Crippen LogP contribution is 2.15. The molecule has 0 bridgehead atoms. The van der Waals surface area contributed by atoms with Crippen LogP contribution in [0.3, 0.4) is 0 Å². The Morgan fingerprint density at radius 3 is 2.76 bits per heavy atom. The normalized spacial score (nSPS) is 10.8. The lowest BCUT2D eigenvalue weighted by molar-refractivity contribution is 0.232. The first-order chi connectivity index (χ1) is 8.06. The fourth-order valence-electron chi connectivity index (χ4n) is 1.18. The molecular formula is C9H11BrN6O. The van der Waals surface area contributed by atoms with Gasteiger partial charge in [0, 0.05) is 12.3 Å². The number of hydrogen-bond acceptors (Lipinski definition) is 6. The first-order valence-corrected chi connectivity index (χ1v) is 5.73. The smallest absolute Gasteiger partial charge is 0.256 e. The van der Waals surface area contributed by atoms with Gasteiger partial charge in [-0.25, -0.2) is 4.98 Å². The largest absolute Gasteiger partial charge is 0.475 e. The Kier molecular flexibility index (Phi) is 3.23. The summed E-state index contributed by atoms with van der Waals surface area (Å²) < 4.78 is 7.30. The standard InChI is InChI=1S/C9H11BrN6O/c1-5(2)17-6-3-4-12-9(13-6)16-7(10)14-8(11)15-16/h3-5H,1-2H3,(H2,11,15). The topological polar surface area (TPSA) is 91.7 Å². The molecule has 8 heteroatoms. The van der Waals surface area contributed by atoms with Crippen molar-refractivity contribution in [3.8, 4) is 11.8 Å². The number of ether oxygens (including phenoxy) is 1. The summed E-state index contributed by atoms with van der Waals surface area (Å²) >= 11 is 3.22. The quantitative estimate of drug-likeness (QED) is 0.915. The molecule has 0 saturated carbocycles. The molecule has 0 fully saturated rings. The van der Waals surface area contributed by atoms with Gasteiger partial charge in [0.2, 0.25) is 16.6 Å². The number of anilines is 1. The van der Waals surface area contributed by atoms with Crippen LogP contribution in [0.4, 0.5) is 5.95 Å². The lowest BCUT2D eigenvalue weighted by Crippen LogP contribution is -2.10. The van der Waals surface area contributed by atoms with Crippen LogP contribution in [0.25, 0.3) is 5.95 Å². The SMILES string of the molecule is CC(C)Oc1ccnc(-n2nc(N)nc2Br)n1. The Hall–Kier alpha value is -1.70. The van der Waals surface area contributed by atoms with Crippen molar-refractivity contribution >= 4 is 21.9 Å². The van der Waals surface area contributed by atoms with Gasteiger partial charge in [0.25, 0.3) is 5.95 Å². The van der Waals surface area contributed by atoms with Crippen molar-refractivity contribution in [2.75, 3.05) is 5.73 Å². The summed E-state index contributed by atoms with van der Waals surface area (Å²) in [6.45, 7) is 3.84. The lowest BCUT2D eigenvalue weighted by atomic mass is 10.5. The second-order valence-corrected chi connectivity index (χ2v) is 4.22. The fraction of sp³-hybridized carbons (Fsp3) is 0.333. The summed E-state index contributed by atoms with van der Waals surface area (Å²) in [5, 5.41) is 3.96. The highest BCUT2D eigenvalue weighted by atomic mass is 79.9. The van der Waals surface area contributed by atoms with Crippen LogP contribution in [0, 0.1) is 0 Å². The summed E-state index contributed by atoms with van der Waals surface area (Å²) in [5.74, 6) is 0.973. The van der Waals surface area contributed by atoms with Crippen LogP contribution in [0.15, 0.2) is 17.0 Å². The predicted octanol–water partition coefficient (Wildman–Crippen LogP) is 1.19. The van der Waals surface area contributed by atoms with Crippen LogP contribution in [0.1, 0.15) is 13.8 Å². The number of nitrogens with zero attached hydrogens (tertiary/aromatic N) is 5. The maximum absolute atomic E-state index is 5.48. The molecular weight excluding hydrogens is 288 g/mol. The third-order valence-corrected chi connectivity index (χ3v) is 2.26. The van der Waals surface area contributed by atoms with Crippen LogP contribution in [-0.4, -0.2) is 30.8 Å². The molecule has 2 N–H and O–H groups in total. The Morgan fingerprint density at radius 1 is 1.41 bits per heavy atom. The zero-order valence-electron chi connectivity index (χ0n) is 9.33.